The van der Waals surface area contributed by atoms with Gasteiger partial charge in [-0.05, 0) is 87.6 Å². The molecular weight excluding hydrogens is 417 g/mol. The fraction of sp³-hybridized carbons (Fsp3) is 0.391. The zero-order valence-corrected chi connectivity index (χ0v) is 19.6. The van der Waals surface area contributed by atoms with Gasteiger partial charge in [0.15, 0.2) is 5.13 Å². The summed E-state index contributed by atoms with van der Waals surface area (Å²) in [7, 11) is 4.01. The highest BCUT2D eigenvalue weighted by Crippen LogP contribution is 2.31. The summed E-state index contributed by atoms with van der Waals surface area (Å²) < 4.78 is 14.1. The van der Waals surface area contributed by atoms with E-state index in [0.29, 0.717) is 13.0 Å². The lowest BCUT2D eigenvalue weighted by Crippen LogP contribution is -2.36. The van der Waals surface area contributed by atoms with Crippen molar-refractivity contribution in [3.05, 3.63) is 53.3 Å². The second kappa shape index (κ2) is 10.4. The lowest BCUT2D eigenvalue weighted by atomic mass is 10.1. The molecule has 4 nitrogen and oxygen atoms in total. The van der Waals surface area contributed by atoms with Crippen molar-refractivity contribution >= 4 is 44.4 Å². The van der Waals surface area contributed by atoms with E-state index in [4.69, 9.17) is 4.98 Å². The summed E-state index contributed by atoms with van der Waals surface area (Å²) in [6, 6.07) is 10.7. The molecule has 0 aliphatic heterocycles. The monoisotopic (exact) mass is 445 g/mol. The number of carbonyl (C=O) groups is 1. The molecule has 1 amide bonds. The summed E-state index contributed by atoms with van der Waals surface area (Å²) in [6.45, 7) is 5.59. The number of hydrogen-bond acceptors (Lipinski definition) is 5. The summed E-state index contributed by atoms with van der Waals surface area (Å²) in [5.41, 5.74) is 3.40. The molecule has 1 aromatic heterocycles. The minimum Gasteiger partial charge on any atom is -0.308 e. The van der Waals surface area contributed by atoms with Crippen LogP contribution in [0, 0.1) is 19.7 Å². The quantitative estimate of drug-likeness (QED) is 0.321. The van der Waals surface area contributed by atoms with E-state index in [1.165, 1.54) is 23.3 Å². The number of likely N-dealkylation sites (N-methyl/N-ethyl adjacent to an activating group) is 1. The zero-order valence-electron chi connectivity index (χ0n) is 17.9. The van der Waals surface area contributed by atoms with Gasteiger partial charge in [-0.3, -0.25) is 9.69 Å². The van der Waals surface area contributed by atoms with E-state index in [2.05, 4.69) is 30.9 Å². The Balaban J connectivity index is 1.66. The smallest absolute Gasteiger partial charge is 0.228 e. The first-order valence-electron chi connectivity index (χ1n) is 10.0. The molecule has 0 fully saturated rings. The molecule has 0 aliphatic carbocycles. The van der Waals surface area contributed by atoms with Crippen molar-refractivity contribution in [1.29, 1.82) is 0 Å². The number of thiazole rings is 1. The fourth-order valence-corrected chi connectivity index (χ4v) is 4.93. The van der Waals surface area contributed by atoms with Gasteiger partial charge in [-0.2, -0.15) is 0 Å². The number of carbonyl (C=O) groups excluding carboxylic acids is 1. The van der Waals surface area contributed by atoms with Crippen LogP contribution in [-0.4, -0.2) is 48.7 Å². The van der Waals surface area contributed by atoms with Gasteiger partial charge in [-0.25, -0.2) is 9.37 Å². The number of rotatable bonds is 9. The van der Waals surface area contributed by atoms with Crippen molar-refractivity contribution in [3.8, 4) is 0 Å². The van der Waals surface area contributed by atoms with Crippen LogP contribution in [-0.2, 0) is 4.79 Å². The molecular formula is C23H28FN3OS2. The number of nitrogens with zero attached hydrogens (tertiary/aromatic N) is 3. The lowest BCUT2D eigenvalue weighted by molar-refractivity contribution is -0.118. The van der Waals surface area contributed by atoms with Gasteiger partial charge in [0.2, 0.25) is 5.91 Å². The van der Waals surface area contributed by atoms with Gasteiger partial charge < -0.3 is 4.90 Å². The number of benzene rings is 2. The van der Waals surface area contributed by atoms with Gasteiger partial charge in [0.25, 0.3) is 0 Å². The van der Waals surface area contributed by atoms with E-state index in [1.54, 1.807) is 35.2 Å². The maximum absolute atomic E-state index is 13.0. The van der Waals surface area contributed by atoms with Gasteiger partial charge in [0.05, 0.1) is 10.2 Å². The third-order valence-corrected chi connectivity index (χ3v) is 7.05. The van der Waals surface area contributed by atoms with Crippen LogP contribution in [0.1, 0.15) is 24.0 Å². The van der Waals surface area contributed by atoms with E-state index >= 15 is 0 Å². The second-order valence-electron chi connectivity index (χ2n) is 7.66. The lowest BCUT2D eigenvalue weighted by Gasteiger charge is -2.22. The van der Waals surface area contributed by atoms with Crippen molar-refractivity contribution in [1.82, 2.24) is 9.88 Å². The standard InChI is InChI=1S/C23H28FN3OS2/c1-16-14-20-21(15-17(16)2)30-23(25-20)27(12-11-26(3)4)22(28)6-5-13-29-19-9-7-18(24)8-10-19/h7-10,14-15H,5-6,11-13H2,1-4H3. The largest absolute Gasteiger partial charge is 0.308 e. The molecule has 30 heavy (non-hydrogen) atoms. The Kier molecular flexibility index (Phi) is 7.86. The van der Waals surface area contributed by atoms with Crippen LogP contribution in [0.3, 0.4) is 0 Å². The molecule has 0 N–H and O–H groups in total. The Morgan fingerprint density at radius 3 is 2.50 bits per heavy atom. The molecule has 0 radical (unpaired) electrons. The van der Waals surface area contributed by atoms with E-state index in [9.17, 15) is 9.18 Å². The second-order valence-corrected chi connectivity index (χ2v) is 9.83. The predicted octanol–water partition coefficient (Wildman–Crippen LogP) is 5.52. The maximum atomic E-state index is 13.0. The predicted molar refractivity (Wildman–Crippen MR) is 126 cm³/mol. The molecule has 3 rings (SSSR count). The first-order valence-corrected chi connectivity index (χ1v) is 11.8. The summed E-state index contributed by atoms with van der Waals surface area (Å²) in [5.74, 6) is 0.688. The molecule has 3 aromatic rings. The van der Waals surface area contributed by atoms with Crippen LogP contribution in [0.25, 0.3) is 10.2 Å². The average molecular weight is 446 g/mol. The molecule has 0 atom stereocenters. The number of aryl methyl sites for hydroxylation is 2. The van der Waals surface area contributed by atoms with Crippen LogP contribution >= 0.6 is 23.1 Å². The molecule has 2 aromatic carbocycles. The Morgan fingerprint density at radius 1 is 1.10 bits per heavy atom. The highest BCUT2D eigenvalue weighted by Gasteiger charge is 2.20. The topological polar surface area (TPSA) is 36.4 Å². The third-order valence-electron chi connectivity index (χ3n) is 4.91. The highest BCUT2D eigenvalue weighted by molar-refractivity contribution is 7.99. The number of thioether (sulfide) groups is 1. The maximum Gasteiger partial charge on any atom is 0.228 e. The minimum atomic E-state index is -0.229. The number of fused-ring (bicyclic) bond motifs is 1. The average Bonchev–Trinajstić information content (AvgIpc) is 3.09. The van der Waals surface area contributed by atoms with E-state index in [0.717, 1.165) is 39.0 Å². The molecule has 0 saturated carbocycles. The number of aromatic nitrogens is 1. The molecule has 0 bridgehead atoms. The Hall–Kier alpha value is -1.96. The van der Waals surface area contributed by atoms with E-state index < -0.39 is 0 Å². The molecule has 160 valence electrons. The van der Waals surface area contributed by atoms with E-state index in [-0.39, 0.29) is 11.7 Å². The minimum absolute atomic E-state index is 0.101. The molecule has 0 saturated heterocycles. The Morgan fingerprint density at radius 2 is 1.80 bits per heavy atom. The van der Waals surface area contributed by atoms with Crippen molar-refractivity contribution in [2.24, 2.45) is 0 Å². The van der Waals surface area contributed by atoms with Crippen LogP contribution in [0.4, 0.5) is 9.52 Å². The van der Waals surface area contributed by atoms with Gasteiger partial charge in [-0.15, -0.1) is 11.8 Å². The van der Waals surface area contributed by atoms with Crippen LogP contribution < -0.4 is 4.90 Å². The number of halogens is 1. The van der Waals surface area contributed by atoms with Gasteiger partial charge >= 0.3 is 0 Å². The fourth-order valence-electron chi connectivity index (χ4n) is 2.99. The molecule has 0 aliphatic rings. The number of hydrogen-bond donors (Lipinski definition) is 0. The van der Waals surface area contributed by atoms with Gasteiger partial charge in [0, 0.05) is 24.4 Å². The van der Waals surface area contributed by atoms with E-state index in [1.807, 2.05) is 19.0 Å². The van der Waals surface area contributed by atoms with Crippen molar-refractivity contribution in [3.63, 3.8) is 0 Å². The molecule has 7 heteroatoms. The first-order chi connectivity index (χ1) is 14.3. The Bertz CT molecular complexity index is 963. The van der Waals surface area contributed by atoms with Gasteiger partial charge in [0.1, 0.15) is 5.82 Å². The number of anilines is 1. The zero-order chi connectivity index (χ0) is 21.7. The molecule has 1 heterocycles. The van der Waals surface area contributed by atoms with Crippen LogP contribution in [0.15, 0.2) is 41.3 Å². The normalized spacial score (nSPS) is 11.4. The number of amides is 1. The van der Waals surface area contributed by atoms with Crippen LogP contribution in [0.5, 0.6) is 0 Å². The molecule has 0 unspecified atom stereocenters. The molecule has 0 spiro atoms. The third kappa shape index (κ3) is 6.03. The summed E-state index contributed by atoms with van der Waals surface area (Å²) in [5, 5.41) is 0.771. The van der Waals surface area contributed by atoms with Crippen molar-refractivity contribution in [2.45, 2.75) is 31.6 Å². The SMILES string of the molecule is Cc1cc2nc(N(CCN(C)C)C(=O)CCCSc3ccc(F)cc3)sc2cc1C. The van der Waals surface area contributed by atoms with Gasteiger partial charge in [-0.1, -0.05) is 11.3 Å². The highest BCUT2D eigenvalue weighted by atomic mass is 32.2. The van der Waals surface area contributed by atoms with Crippen LogP contribution in [0.2, 0.25) is 0 Å². The van der Waals surface area contributed by atoms with Crippen molar-refractivity contribution in [2.75, 3.05) is 37.8 Å². The summed E-state index contributed by atoms with van der Waals surface area (Å²) in [4.78, 5) is 22.7. The summed E-state index contributed by atoms with van der Waals surface area (Å²) in [6.07, 6.45) is 1.23. The first kappa shape index (κ1) is 22.7. The summed E-state index contributed by atoms with van der Waals surface area (Å²) >= 11 is 3.23. The Labute approximate surface area is 186 Å². The van der Waals surface area contributed by atoms with Crippen molar-refractivity contribution < 1.29 is 9.18 Å².